The number of rotatable bonds is 49. The van der Waals surface area contributed by atoms with E-state index in [-0.39, 0.29) is 0 Å². The Hall–Kier alpha value is -0.630. The summed E-state index contributed by atoms with van der Waals surface area (Å²) in [5.41, 5.74) is 0. The zero-order chi connectivity index (χ0) is 41.7. The van der Waals surface area contributed by atoms with Crippen molar-refractivity contribution in [2.24, 2.45) is 0 Å². The molecule has 0 bridgehead atoms. The van der Waals surface area contributed by atoms with Gasteiger partial charge in [-0.25, -0.2) is 4.48 Å². The second-order valence-electron chi connectivity index (χ2n) is 19.6. The Balaban J connectivity index is 2.74. The first-order valence-electron chi connectivity index (χ1n) is 27.9. The van der Waals surface area contributed by atoms with Gasteiger partial charge < -0.3 is 0 Å². The third kappa shape index (κ3) is 33.1. The van der Waals surface area contributed by atoms with Gasteiger partial charge >= 0.3 is 5.84 Å². The second kappa shape index (κ2) is 44.4. The third-order valence-corrected chi connectivity index (χ3v) is 14.0. The van der Waals surface area contributed by atoms with Crippen LogP contribution in [0.5, 0.6) is 0 Å². The van der Waals surface area contributed by atoms with Gasteiger partial charge in [0.05, 0.1) is 19.5 Å². The van der Waals surface area contributed by atoms with E-state index in [4.69, 9.17) is 0 Å². The van der Waals surface area contributed by atoms with Crippen LogP contribution in [0, 0.1) is 0 Å². The van der Waals surface area contributed by atoms with Crippen molar-refractivity contribution in [3.05, 3.63) is 12.4 Å². The standard InChI is InChI=1S/C56H112N2/c1-5-9-13-17-21-25-29-31-34-38-42-46-50-56-57(51-47-43-39-35-32-30-26-22-18-14-10-6-2)52-55-58(56,53-48-44-40-36-28-24-20-16-12-8-4)54-49-45-41-37-33-27-23-19-15-11-7-3/h52,55H,5-51,53-54H2,1-4H3/q+2. The van der Waals surface area contributed by atoms with Crippen molar-refractivity contribution in [3.63, 3.8) is 0 Å². The van der Waals surface area contributed by atoms with Gasteiger partial charge in [0.2, 0.25) is 6.20 Å². The van der Waals surface area contributed by atoms with Crippen molar-refractivity contribution < 1.29 is 9.06 Å². The zero-order valence-corrected chi connectivity index (χ0v) is 41.2. The Morgan fingerprint density at radius 2 is 0.534 bits per heavy atom. The van der Waals surface area contributed by atoms with Crippen molar-refractivity contribution in [1.29, 1.82) is 0 Å². The summed E-state index contributed by atoms with van der Waals surface area (Å²) < 4.78 is 4.02. The van der Waals surface area contributed by atoms with Gasteiger partial charge in [0.1, 0.15) is 0 Å². The van der Waals surface area contributed by atoms with E-state index in [0.717, 1.165) is 0 Å². The first kappa shape index (κ1) is 55.4. The summed E-state index contributed by atoms with van der Waals surface area (Å²) in [5.74, 6) is 1.80. The lowest BCUT2D eigenvalue weighted by molar-refractivity contribution is -0.801. The first-order chi connectivity index (χ1) is 28.7. The molecule has 1 aliphatic rings. The van der Waals surface area contributed by atoms with Gasteiger partial charge in [-0.15, -0.1) is 0 Å². The summed E-state index contributed by atoms with van der Waals surface area (Å²) in [6.45, 7) is 13.3. The van der Waals surface area contributed by atoms with Crippen LogP contribution in [0.25, 0.3) is 0 Å². The first-order valence-corrected chi connectivity index (χ1v) is 27.9. The van der Waals surface area contributed by atoms with Crippen molar-refractivity contribution in [2.45, 2.75) is 323 Å². The van der Waals surface area contributed by atoms with Crippen molar-refractivity contribution >= 4 is 5.84 Å². The molecule has 1 unspecified atom stereocenters. The molecule has 2 nitrogen and oxygen atoms in total. The van der Waals surface area contributed by atoms with Crippen molar-refractivity contribution in [1.82, 2.24) is 0 Å². The van der Waals surface area contributed by atoms with Crippen LogP contribution in [0.1, 0.15) is 323 Å². The molecule has 0 aromatic carbocycles. The Labute approximate surface area is 368 Å². The van der Waals surface area contributed by atoms with Gasteiger partial charge in [0.25, 0.3) is 0 Å². The Morgan fingerprint density at radius 3 is 0.828 bits per heavy atom. The summed E-state index contributed by atoms with van der Waals surface area (Å²) in [5, 5.41) is 0. The summed E-state index contributed by atoms with van der Waals surface area (Å²) in [7, 11) is 0. The Bertz CT molecular complexity index is 874. The molecule has 0 saturated carbocycles. The van der Waals surface area contributed by atoms with Crippen LogP contribution in [-0.2, 0) is 0 Å². The maximum absolute atomic E-state index is 2.81. The van der Waals surface area contributed by atoms with Crippen LogP contribution >= 0.6 is 0 Å². The Kier molecular flexibility index (Phi) is 42.4. The maximum atomic E-state index is 2.81. The fourth-order valence-corrected chi connectivity index (χ4v) is 9.91. The fourth-order valence-electron chi connectivity index (χ4n) is 9.91. The summed E-state index contributed by atoms with van der Waals surface area (Å²) >= 11 is 0. The maximum Gasteiger partial charge on any atom is 0.348 e. The molecule has 1 atom stereocenters. The fraction of sp³-hybridized carbons (Fsp3) is 0.946. The topological polar surface area (TPSA) is 3.01 Å². The molecule has 0 radical (unpaired) electrons. The average molecular weight is 814 g/mol. The van der Waals surface area contributed by atoms with E-state index in [9.17, 15) is 0 Å². The van der Waals surface area contributed by atoms with E-state index >= 15 is 0 Å². The normalized spacial score (nSPS) is 15.4. The van der Waals surface area contributed by atoms with E-state index in [0.29, 0.717) is 0 Å². The highest BCUT2D eigenvalue weighted by Crippen LogP contribution is 2.26. The molecule has 0 spiro atoms. The van der Waals surface area contributed by atoms with Gasteiger partial charge in [0, 0.05) is 6.42 Å². The van der Waals surface area contributed by atoms with Gasteiger partial charge in [-0.2, -0.15) is 4.58 Å². The molecule has 1 rings (SSSR count). The molecule has 0 aromatic heterocycles. The van der Waals surface area contributed by atoms with E-state index < -0.39 is 0 Å². The highest BCUT2D eigenvalue weighted by molar-refractivity contribution is 5.72. The third-order valence-electron chi connectivity index (χ3n) is 14.0. The highest BCUT2D eigenvalue weighted by Gasteiger charge is 2.42. The van der Waals surface area contributed by atoms with Gasteiger partial charge in [-0.3, -0.25) is 0 Å². The number of quaternary nitrogens is 1. The van der Waals surface area contributed by atoms with Crippen LogP contribution in [0.15, 0.2) is 12.4 Å². The molecule has 2 heteroatoms. The average Bonchev–Trinajstić information content (AvgIpc) is 3.57. The van der Waals surface area contributed by atoms with E-state index in [1.54, 1.807) is 5.84 Å². The molecule has 0 aromatic rings. The molecule has 58 heavy (non-hydrogen) atoms. The summed E-state index contributed by atoms with van der Waals surface area (Å²) in [6.07, 6.45) is 71.5. The van der Waals surface area contributed by atoms with Crippen LogP contribution in [-0.4, -0.2) is 34.5 Å². The zero-order valence-electron chi connectivity index (χ0n) is 41.2. The smallest absolute Gasteiger partial charge is 0.209 e. The highest BCUT2D eigenvalue weighted by atomic mass is 15.4. The van der Waals surface area contributed by atoms with Crippen molar-refractivity contribution in [3.8, 4) is 0 Å². The van der Waals surface area contributed by atoms with Gasteiger partial charge in [-0.1, -0.05) is 272 Å². The number of amidine groups is 1. The van der Waals surface area contributed by atoms with E-state index in [1.807, 2.05) is 0 Å². The predicted octanol–water partition coefficient (Wildman–Crippen LogP) is 19.7. The molecule has 344 valence electrons. The number of unbranched alkanes of at least 4 members (excludes halogenated alkanes) is 41. The van der Waals surface area contributed by atoms with Crippen LogP contribution in [0.2, 0.25) is 0 Å². The summed E-state index contributed by atoms with van der Waals surface area (Å²) in [6, 6.07) is 0. The Morgan fingerprint density at radius 1 is 0.293 bits per heavy atom. The van der Waals surface area contributed by atoms with Crippen molar-refractivity contribution in [2.75, 3.05) is 19.6 Å². The second-order valence-corrected chi connectivity index (χ2v) is 19.6. The molecule has 1 aliphatic heterocycles. The van der Waals surface area contributed by atoms with Crippen LogP contribution in [0.3, 0.4) is 0 Å². The van der Waals surface area contributed by atoms with Gasteiger partial charge in [-0.05, 0) is 38.5 Å². The monoisotopic (exact) mass is 813 g/mol. The minimum Gasteiger partial charge on any atom is -0.209 e. The molecular formula is C56H112N2+2. The molecule has 0 saturated heterocycles. The number of hydrogen-bond acceptors (Lipinski definition) is 0. The van der Waals surface area contributed by atoms with E-state index in [1.165, 1.54) is 319 Å². The minimum atomic E-state index is 1.21. The lowest BCUT2D eigenvalue weighted by Gasteiger charge is -2.29. The molecule has 0 fully saturated rings. The lowest BCUT2D eigenvalue weighted by atomic mass is 10.0. The van der Waals surface area contributed by atoms with E-state index in [2.05, 4.69) is 44.7 Å². The lowest BCUT2D eigenvalue weighted by Crippen LogP contribution is -2.50. The predicted molar refractivity (Wildman–Crippen MR) is 264 cm³/mol. The molecule has 0 aliphatic carbocycles. The van der Waals surface area contributed by atoms with Crippen LogP contribution in [0.4, 0.5) is 0 Å². The minimum absolute atomic E-state index is 1.21. The number of nitrogens with zero attached hydrogens (tertiary/aromatic N) is 2. The summed E-state index contributed by atoms with van der Waals surface area (Å²) in [4.78, 5) is 0. The largest absolute Gasteiger partial charge is 0.348 e. The molecule has 0 N–H and O–H groups in total. The number of hydrogen-bond donors (Lipinski definition) is 0. The van der Waals surface area contributed by atoms with Crippen LogP contribution < -0.4 is 0 Å². The molecule has 1 heterocycles. The molecular weight excluding hydrogens is 701 g/mol. The SMILES string of the molecule is CCCCCCCCCCCCCCC1=[N+](CCCCCCCCCCCCCC)C=C[N+]1(CCCCCCCCCCCC)CCCCCCCCCCCCC. The molecule has 0 amide bonds. The quantitative estimate of drug-likeness (QED) is 0.0327. The van der Waals surface area contributed by atoms with Gasteiger partial charge in [0.15, 0.2) is 12.7 Å².